The van der Waals surface area contributed by atoms with Crippen LogP contribution in [0.1, 0.15) is 54.0 Å². The summed E-state index contributed by atoms with van der Waals surface area (Å²) in [6.07, 6.45) is 1.96. The van der Waals surface area contributed by atoms with Crippen molar-refractivity contribution >= 4 is 39.9 Å². The van der Waals surface area contributed by atoms with Gasteiger partial charge in [-0.1, -0.05) is 32.4 Å². The molecule has 0 bridgehead atoms. The maximum absolute atomic E-state index is 13.2. The molecular formula is C22H28ClN3OS. The van der Waals surface area contributed by atoms with Gasteiger partial charge in [-0.25, -0.2) is 4.98 Å². The molecule has 1 amide bonds. The Morgan fingerprint density at radius 3 is 2.71 bits per heavy atom. The molecule has 0 spiro atoms. The van der Waals surface area contributed by atoms with E-state index in [-0.39, 0.29) is 5.91 Å². The van der Waals surface area contributed by atoms with Crippen LogP contribution in [0.2, 0.25) is 5.02 Å². The number of halogens is 1. The van der Waals surface area contributed by atoms with Crippen LogP contribution in [0.5, 0.6) is 0 Å². The molecule has 0 atom stereocenters. The van der Waals surface area contributed by atoms with Crippen molar-refractivity contribution in [2.45, 2.75) is 53.6 Å². The van der Waals surface area contributed by atoms with Gasteiger partial charge >= 0.3 is 0 Å². The lowest BCUT2D eigenvalue weighted by Crippen LogP contribution is -2.32. The number of thiophene rings is 1. The summed E-state index contributed by atoms with van der Waals surface area (Å²) in [5, 5.41) is 0.707. The van der Waals surface area contributed by atoms with Crippen molar-refractivity contribution in [3.63, 3.8) is 0 Å². The third-order valence-corrected chi connectivity index (χ3v) is 6.01. The predicted octanol–water partition coefficient (Wildman–Crippen LogP) is 6.16. The van der Waals surface area contributed by atoms with Crippen LogP contribution in [0.4, 0.5) is 0 Å². The molecule has 0 unspecified atom stereocenters. The van der Waals surface area contributed by atoms with E-state index in [1.54, 1.807) is 11.3 Å². The largest absolute Gasteiger partial charge is 0.330 e. The quantitative estimate of drug-likeness (QED) is 0.440. The first-order valence-corrected chi connectivity index (χ1v) is 11.1. The molecule has 0 aliphatic rings. The van der Waals surface area contributed by atoms with Crippen molar-refractivity contribution in [3.05, 3.63) is 50.9 Å². The maximum Gasteiger partial charge on any atom is 0.264 e. The molecule has 0 saturated heterocycles. The highest BCUT2D eigenvalue weighted by Gasteiger charge is 2.21. The molecule has 3 aromatic rings. The number of amides is 1. The Labute approximate surface area is 176 Å². The standard InChI is InChI=1S/C22H28ClN3OS/c1-5-11-26-19-13-17(23)7-8-18(19)24-21(26)14-25(12-10-15(2)3)22(27)20-9-6-16(4)28-20/h6-9,13,15H,5,10-12,14H2,1-4H3. The predicted molar refractivity (Wildman–Crippen MR) is 118 cm³/mol. The lowest BCUT2D eigenvalue weighted by Gasteiger charge is -2.23. The van der Waals surface area contributed by atoms with Crippen LogP contribution < -0.4 is 0 Å². The highest BCUT2D eigenvalue weighted by Crippen LogP contribution is 2.24. The van der Waals surface area contributed by atoms with Crippen LogP contribution in [0, 0.1) is 12.8 Å². The van der Waals surface area contributed by atoms with Gasteiger partial charge in [0.25, 0.3) is 5.91 Å². The molecule has 0 radical (unpaired) electrons. The Morgan fingerprint density at radius 1 is 1.29 bits per heavy atom. The van der Waals surface area contributed by atoms with Crippen molar-refractivity contribution in [1.82, 2.24) is 14.5 Å². The molecule has 3 rings (SSSR count). The first-order chi connectivity index (χ1) is 13.4. The monoisotopic (exact) mass is 417 g/mol. The van der Waals surface area contributed by atoms with E-state index in [2.05, 4.69) is 25.3 Å². The second kappa shape index (κ2) is 9.10. The van der Waals surface area contributed by atoms with Crippen LogP contribution in [0.25, 0.3) is 11.0 Å². The number of carbonyl (C=O) groups excluding carboxylic acids is 1. The lowest BCUT2D eigenvalue weighted by molar-refractivity contribution is 0.0734. The van der Waals surface area contributed by atoms with E-state index in [9.17, 15) is 4.79 Å². The van der Waals surface area contributed by atoms with Gasteiger partial charge in [0.05, 0.1) is 22.5 Å². The fourth-order valence-electron chi connectivity index (χ4n) is 3.28. The van der Waals surface area contributed by atoms with Crippen LogP contribution in [0.15, 0.2) is 30.3 Å². The highest BCUT2D eigenvalue weighted by molar-refractivity contribution is 7.13. The van der Waals surface area contributed by atoms with Crippen LogP contribution in [-0.4, -0.2) is 26.9 Å². The highest BCUT2D eigenvalue weighted by atomic mass is 35.5. The molecule has 0 saturated carbocycles. The number of imidazole rings is 1. The first-order valence-electron chi connectivity index (χ1n) is 9.89. The van der Waals surface area contributed by atoms with Gasteiger partial charge in [-0.2, -0.15) is 0 Å². The Balaban J connectivity index is 1.95. The zero-order valence-corrected chi connectivity index (χ0v) is 18.6. The number of carbonyl (C=O) groups is 1. The Morgan fingerprint density at radius 2 is 2.07 bits per heavy atom. The van der Waals surface area contributed by atoms with Crippen molar-refractivity contribution in [2.24, 2.45) is 5.92 Å². The molecule has 150 valence electrons. The second-order valence-corrected chi connectivity index (χ2v) is 9.36. The van der Waals surface area contributed by atoms with E-state index < -0.39 is 0 Å². The number of benzene rings is 1. The number of aryl methyl sites for hydroxylation is 2. The van der Waals surface area contributed by atoms with Crippen molar-refractivity contribution in [1.29, 1.82) is 0 Å². The molecule has 1 aromatic carbocycles. The maximum atomic E-state index is 13.2. The van der Waals surface area contributed by atoms with Gasteiger partial charge < -0.3 is 9.47 Å². The summed E-state index contributed by atoms with van der Waals surface area (Å²) in [4.78, 5) is 21.9. The minimum absolute atomic E-state index is 0.0897. The SMILES string of the molecule is CCCn1c(CN(CCC(C)C)C(=O)c2ccc(C)s2)nc2ccc(Cl)cc21. The summed E-state index contributed by atoms with van der Waals surface area (Å²) < 4.78 is 2.20. The summed E-state index contributed by atoms with van der Waals surface area (Å²) >= 11 is 7.77. The van der Waals surface area contributed by atoms with E-state index in [0.29, 0.717) is 17.5 Å². The fourth-order valence-corrected chi connectivity index (χ4v) is 4.28. The van der Waals surface area contributed by atoms with E-state index in [1.165, 1.54) is 0 Å². The van der Waals surface area contributed by atoms with Crippen molar-refractivity contribution in [3.8, 4) is 0 Å². The van der Waals surface area contributed by atoms with Gasteiger partial charge in [0.2, 0.25) is 0 Å². The van der Waals surface area contributed by atoms with E-state index >= 15 is 0 Å². The minimum Gasteiger partial charge on any atom is -0.330 e. The molecule has 6 heteroatoms. The Bertz CT molecular complexity index is 960. The number of rotatable bonds is 8. The summed E-state index contributed by atoms with van der Waals surface area (Å²) in [7, 11) is 0. The van der Waals surface area contributed by atoms with Gasteiger partial charge in [0.15, 0.2) is 0 Å². The zero-order valence-electron chi connectivity index (χ0n) is 17.0. The summed E-state index contributed by atoms with van der Waals surface area (Å²) in [6, 6.07) is 9.72. The van der Waals surface area contributed by atoms with Gasteiger partial charge in [-0.3, -0.25) is 4.79 Å². The van der Waals surface area contributed by atoms with Gasteiger partial charge in [-0.15, -0.1) is 11.3 Å². The minimum atomic E-state index is 0.0897. The Hall–Kier alpha value is -1.85. The molecule has 0 N–H and O–H groups in total. The van der Waals surface area contributed by atoms with Crippen molar-refractivity contribution < 1.29 is 4.79 Å². The smallest absolute Gasteiger partial charge is 0.264 e. The van der Waals surface area contributed by atoms with Gasteiger partial charge in [-0.05, 0) is 56.0 Å². The van der Waals surface area contributed by atoms with Gasteiger partial charge in [0.1, 0.15) is 5.82 Å². The van der Waals surface area contributed by atoms with E-state index in [0.717, 1.165) is 52.5 Å². The normalized spacial score (nSPS) is 11.5. The van der Waals surface area contributed by atoms with Crippen LogP contribution in [-0.2, 0) is 13.1 Å². The lowest BCUT2D eigenvalue weighted by atomic mass is 10.1. The third kappa shape index (κ3) is 4.76. The Kier molecular flexibility index (Phi) is 6.78. The number of hydrogen-bond donors (Lipinski definition) is 0. The third-order valence-electron chi connectivity index (χ3n) is 4.78. The molecule has 28 heavy (non-hydrogen) atoms. The average Bonchev–Trinajstić information content (AvgIpc) is 3.22. The zero-order chi connectivity index (χ0) is 20.3. The molecule has 0 aliphatic carbocycles. The molecule has 4 nitrogen and oxygen atoms in total. The average molecular weight is 418 g/mol. The van der Waals surface area contributed by atoms with Crippen molar-refractivity contribution in [2.75, 3.05) is 6.54 Å². The number of aromatic nitrogens is 2. The summed E-state index contributed by atoms with van der Waals surface area (Å²) in [5.74, 6) is 1.55. The topological polar surface area (TPSA) is 38.1 Å². The summed E-state index contributed by atoms with van der Waals surface area (Å²) in [5.41, 5.74) is 1.96. The van der Waals surface area contributed by atoms with E-state index in [1.807, 2.05) is 42.2 Å². The molecule has 2 aromatic heterocycles. The van der Waals surface area contributed by atoms with Gasteiger partial charge in [0, 0.05) is 23.0 Å². The number of fused-ring (bicyclic) bond motifs is 1. The molecule has 0 fully saturated rings. The molecule has 0 aliphatic heterocycles. The van der Waals surface area contributed by atoms with Crippen LogP contribution in [0.3, 0.4) is 0 Å². The summed E-state index contributed by atoms with van der Waals surface area (Å²) in [6.45, 7) is 10.6. The second-order valence-electron chi connectivity index (χ2n) is 7.63. The number of hydrogen-bond acceptors (Lipinski definition) is 3. The van der Waals surface area contributed by atoms with E-state index in [4.69, 9.17) is 16.6 Å². The molecular weight excluding hydrogens is 390 g/mol. The first kappa shape index (κ1) is 20.9. The van der Waals surface area contributed by atoms with Crippen LogP contribution >= 0.6 is 22.9 Å². The molecule has 2 heterocycles. The number of nitrogens with zero attached hydrogens (tertiary/aromatic N) is 3. The fraction of sp³-hybridized carbons (Fsp3) is 0.455.